The van der Waals surface area contributed by atoms with Crippen LogP contribution in [0, 0.1) is 0 Å². The first-order chi connectivity index (χ1) is 21.9. The topological polar surface area (TPSA) is 100 Å². The molecule has 1 fully saturated rings. The number of anilines is 1. The Morgan fingerprint density at radius 1 is 0.867 bits per heavy atom. The SMILES string of the molecule is CC(C)N[C@H](CCCCN1CCCCC1)C(=O)N[C@@H](Cc1ccc2ccccc2c1)C(=O)CCc1ccc2c(N)nccc2c1. The molecular formula is C38H49N5O2. The average molecular weight is 608 g/mol. The molecule has 1 amide bonds. The first kappa shape index (κ1) is 32.6. The van der Waals surface area contributed by atoms with E-state index in [4.69, 9.17) is 5.73 Å². The largest absolute Gasteiger partial charge is 0.383 e. The van der Waals surface area contributed by atoms with Crippen molar-refractivity contribution in [3.8, 4) is 0 Å². The number of carbonyl (C=O) groups excluding carboxylic acids is 2. The Balaban J connectivity index is 1.27. The van der Waals surface area contributed by atoms with Gasteiger partial charge in [-0.15, -0.1) is 0 Å². The van der Waals surface area contributed by atoms with Crippen molar-refractivity contribution in [2.24, 2.45) is 0 Å². The normalized spacial score (nSPS) is 15.4. The number of rotatable bonds is 15. The fourth-order valence-electron chi connectivity index (χ4n) is 6.53. The van der Waals surface area contributed by atoms with Crippen LogP contribution >= 0.6 is 0 Å². The van der Waals surface area contributed by atoms with Crippen LogP contribution in [0.5, 0.6) is 0 Å². The van der Waals surface area contributed by atoms with E-state index in [1.807, 2.05) is 30.3 Å². The predicted molar refractivity (Wildman–Crippen MR) is 185 cm³/mol. The van der Waals surface area contributed by atoms with Crippen LogP contribution in [0.4, 0.5) is 5.82 Å². The number of aryl methyl sites for hydroxylation is 1. The molecule has 0 unspecified atom stereocenters. The fraction of sp³-hybridized carbons (Fsp3) is 0.447. The predicted octanol–water partition coefficient (Wildman–Crippen LogP) is 6.22. The van der Waals surface area contributed by atoms with Gasteiger partial charge in [-0.1, -0.05) is 87.4 Å². The van der Waals surface area contributed by atoms with Gasteiger partial charge < -0.3 is 21.3 Å². The Kier molecular flexibility index (Phi) is 11.6. The summed E-state index contributed by atoms with van der Waals surface area (Å²) in [4.78, 5) is 34.4. The number of piperidine rings is 1. The fourth-order valence-corrected chi connectivity index (χ4v) is 6.53. The molecule has 3 aromatic carbocycles. The highest BCUT2D eigenvalue weighted by molar-refractivity contribution is 5.93. The average Bonchev–Trinajstić information content (AvgIpc) is 3.05. The van der Waals surface area contributed by atoms with Crippen LogP contribution in [-0.4, -0.2) is 59.3 Å². The summed E-state index contributed by atoms with van der Waals surface area (Å²) < 4.78 is 0. The molecule has 1 aromatic heterocycles. The number of aromatic nitrogens is 1. The number of fused-ring (bicyclic) bond motifs is 2. The number of nitrogen functional groups attached to an aromatic ring is 1. The van der Waals surface area contributed by atoms with Crippen LogP contribution in [0.2, 0.25) is 0 Å². The summed E-state index contributed by atoms with van der Waals surface area (Å²) in [6.45, 7) is 7.61. The molecule has 7 heteroatoms. The summed E-state index contributed by atoms with van der Waals surface area (Å²) in [5.41, 5.74) is 8.13. The lowest BCUT2D eigenvalue weighted by Crippen LogP contribution is -2.52. The van der Waals surface area contributed by atoms with Crippen molar-refractivity contribution >= 4 is 39.1 Å². The van der Waals surface area contributed by atoms with Crippen LogP contribution in [0.3, 0.4) is 0 Å². The molecule has 2 heterocycles. The number of nitrogens with one attached hydrogen (secondary N) is 2. The number of Topliss-reactive ketones (excluding diaryl/α,β-unsaturated/α-hetero) is 1. The summed E-state index contributed by atoms with van der Waals surface area (Å²) in [5, 5.41) is 10.9. The lowest BCUT2D eigenvalue weighted by atomic mass is 9.95. The molecule has 0 spiro atoms. The summed E-state index contributed by atoms with van der Waals surface area (Å²) in [5.74, 6) is 0.457. The van der Waals surface area contributed by atoms with E-state index in [0.717, 1.165) is 58.5 Å². The number of nitrogens with zero attached hydrogens (tertiary/aromatic N) is 2. The van der Waals surface area contributed by atoms with Crippen LogP contribution in [0.15, 0.2) is 72.9 Å². The standard InChI is InChI=1S/C38H49N5O2/c1-27(2)41-34(12-6-9-23-43-21-7-3-8-22-43)38(45)42-35(26-29-13-16-30-10-4-5-11-31(30)25-29)36(44)18-15-28-14-17-33-32(24-28)19-20-40-37(33)39/h4-5,10-11,13-14,16-17,19-20,24-25,27,34-35,41H,3,6-9,12,15,18,21-23,26H2,1-2H3,(H2,39,40)(H,42,45)/t34-,35+/m1/s1. The van der Waals surface area contributed by atoms with Gasteiger partial charge in [0.05, 0.1) is 12.1 Å². The monoisotopic (exact) mass is 607 g/mol. The number of carbonyl (C=O) groups is 2. The summed E-state index contributed by atoms with van der Waals surface area (Å²) in [7, 11) is 0. The number of unbranched alkanes of at least 4 members (excludes halogenated alkanes) is 1. The van der Waals surface area contributed by atoms with E-state index < -0.39 is 6.04 Å². The van der Waals surface area contributed by atoms with E-state index in [-0.39, 0.29) is 23.8 Å². The molecule has 45 heavy (non-hydrogen) atoms. The molecule has 238 valence electrons. The van der Waals surface area contributed by atoms with E-state index in [1.165, 1.54) is 32.4 Å². The number of nitrogens with two attached hydrogens (primary N) is 1. The number of pyridine rings is 1. The number of likely N-dealkylation sites (tertiary alicyclic amines) is 1. The lowest BCUT2D eigenvalue weighted by Gasteiger charge is -2.27. The minimum atomic E-state index is -0.608. The van der Waals surface area contributed by atoms with Crippen molar-refractivity contribution < 1.29 is 9.59 Å². The molecule has 0 bridgehead atoms. The van der Waals surface area contributed by atoms with Crippen molar-refractivity contribution in [2.75, 3.05) is 25.4 Å². The van der Waals surface area contributed by atoms with Crippen molar-refractivity contribution in [1.29, 1.82) is 0 Å². The van der Waals surface area contributed by atoms with E-state index >= 15 is 0 Å². The van der Waals surface area contributed by atoms with Crippen molar-refractivity contribution in [3.05, 3.63) is 84.1 Å². The summed E-state index contributed by atoms with van der Waals surface area (Å²) in [6, 6.07) is 21.7. The van der Waals surface area contributed by atoms with Crippen molar-refractivity contribution in [3.63, 3.8) is 0 Å². The smallest absolute Gasteiger partial charge is 0.237 e. The number of hydrogen-bond acceptors (Lipinski definition) is 6. The zero-order valence-corrected chi connectivity index (χ0v) is 26.9. The Labute approximate surface area is 268 Å². The highest BCUT2D eigenvalue weighted by Gasteiger charge is 2.26. The first-order valence-electron chi connectivity index (χ1n) is 16.8. The highest BCUT2D eigenvalue weighted by atomic mass is 16.2. The van der Waals surface area contributed by atoms with Crippen LogP contribution < -0.4 is 16.4 Å². The van der Waals surface area contributed by atoms with Gasteiger partial charge in [-0.2, -0.15) is 0 Å². The van der Waals surface area contributed by atoms with E-state index in [0.29, 0.717) is 25.1 Å². The van der Waals surface area contributed by atoms with Crippen LogP contribution in [-0.2, 0) is 22.4 Å². The third kappa shape index (κ3) is 9.35. The van der Waals surface area contributed by atoms with Gasteiger partial charge in [-0.05, 0) is 91.5 Å². The Bertz CT molecular complexity index is 1580. The lowest BCUT2D eigenvalue weighted by molar-refractivity contribution is -0.129. The second kappa shape index (κ2) is 16.0. The first-order valence-corrected chi connectivity index (χ1v) is 16.8. The number of benzene rings is 3. The minimum Gasteiger partial charge on any atom is -0.383 e. The van der Waals surface area contributed by atoms with Gasteiger partial charge in [0.25, 0.3) is 0 Å². The molecule has 4 aromatic rings. The zero-order valence-electron chi connectivity index (χ0n) is 26.9. The summed E-state index contributed by atoms with van der Waals surface area (Å²) >= 11 is 0. The van der Waals surface area contributed by atoms with Gasteiger partial charge in [0.2, 0.25) is 5.91 Å². The molecule has 1 aliphatic heterocycles. The van der Waals surface area contributed by atoms with E-state index in [1.54, 1.807) is 6.20 Å². The number of hydrogen-bond donors (Lipinski definition) is 3. The van der Waals surface area contributed by atoms with Crippen molar-refractivity contribution in [2.45, 2.75) is 89.8 Å². The van der Waals surface area contributed by atoms with Gasteiger partial charge in [-0.3, -0.25) is 9.59 Å². The maximum absolute atomic E-state index is 13.8. The maximum atomic E-state index is 13.8. The highest BCUT2D eigenvalue weighted by Crippen LogP contribution is 2.22. The van der Waals surface area contributed by atoms with Gasteiger partial charge in [-0.25, -0.2) is 4.98 Å². The molecular weight excluding hydrogens is 558 g/mol. The maximum Gasteiger partial charge on any atom is 0.237 e. The Morgan fingerprint density at radius 2 is 1.62 bits per heavy atom. The van der Waals surface area contributed by atoms with E-state index in [2.05, 4.69) is 70.8 Å². The van der Waals surface area contributed by atoms with Crippen LogP contribution in [0.25, 0.3) is 21.5 Å². The quantitative estimate of drug-likeness (QED) is 0.139. The molecule has 5 rings (SSSR count). The van der Waals surface area contributed by atoms with Crippen LogP contribution in [0.1, 0.15) is 69.9 Å². The number of amides is 1. The molecule has 0 aliphatic carbocycles. The summed E-state index contributed by atoms with van der Waals surface area (Å²) in [6.07, 6.45) is 9.81. The number of ketones is 1. The molecule has 2 atom stereocenters. The second-order valence-corrected chi connectivity index (χ2v) is 12.9. The molecule has 0 saturated carbocycles. The second-order valence-electron chi connectivity index (χ2n) is 12.9. The van der Waals surface area contributed by atoms with E-state index in [9.17, 15) is 9.59 Å². The minimum absolute atomic E-state index is 0.0410. The van der Waals surface area contributed by atoms with Gasteiger partial charge in [0.15, 0.2) is 5.78 Å². The Morgan fingerprint density at radius 3 is 2.42 bits per heavy atom. The molecule has 0 radical (unpaired) electrons. The van der Waals surface area contributed by atoms with Gasteiger partial charge >= 0.3 is 0 Å². The molecule has 7 nitrogen and oxygen atoms in total. The molecule has 4 N–H and O–H groups in total. The third-order valence-electron chi connectivity index (χ3n) is 9.00. The zero-order chi connectivity index (χ0) is 31.6. The van der Waals surface area contributed by atoms with Gasteiger partial charge in [0.1, 0.15) is 5.82 Å². The van der Waals surface area contributed by atoms with Crippen molar-refractivity contribution in [1.82, 2.24) is 20.5 Å². The third-order valence-corrected chi connectivity index (χ3v) is 9.00. The van der Waals surface area contributed by atoms with Gasteiger partial charge in [0, 0.05) is 24.0 Å². The Hall–Kier alpha value is -3.81. The molecule has 1 aliphatic rings. The molecule has 1 saturated heterocycles.